The summed E-state index contributed by atoms with van der Waals surface area (Å²) in [5, 5.41) is 4.12. The second-order valence-electron chi connectivity index (χ2n) is 3.93. The van der Waals surface area contributed by atoms with Crippen molar-refractivity contribution in [3.8, 4) is 0 Å². The molecule has 94 valence electrons. The van der Waals surface area contributed by atoms with E-state index in [1.165, 1.54) is 6.33 Å². The van der Waals surface area contributed by atoms with Crippen LogP contribution in [0.1, 0.15) is 0 Å². The van der Waals surface area contributed by atoms with Crippen LogP contribution in [0.4, 0.5) is 11.5 Å². The summed E-state index contributed by atoms with van der Waals surface area (Å²) in [6.45, 7) is 0. The number of hydrogen-bond acceptors (Lipinski definition) is 4. The van der Waals surface area contributed by atoms with Gasteiger partial charge in [-0.15, -0.1) is 0 Å². The molecule has 1 aromatic carbocycles. The Bertz CT molecular complexity index is 800. The van der Waals surface area contributed by atoms with Crippen molar-refractivity contribution in [1.82, 2.24) is 15.0 Å². The molecule has 0 bridgehead atoms. The topological polar surface area (TPSA) is 70.7 Å². The predicted molar refractivity (Wildman–Crippen MR) is 77.6 cm³/mol. The molecule has 0 radical (unpaired) electrons. The van der Waals surface area contributed by atoms with Crippen LogP contribution in [0.5, 0.6) is 0 Å². The van der Waals surface area contributed by atoms with Crippen molar-refractivity contribution in [3.05, 3.63) is 57.7 Å². The fourth-order valence-electron chi connectivity index (χ4n) is 1.76. The van der Waals surface area contributed by atoms with E-state index in [-0.39, 0.29) is 5.56 Å². The molecule has 2 aromatic heterocycles. The molecule has 0 spiro atoms. The normalized spacial score (nSPS) is 10.6. The second-order valence-corrected chi connectivity index (χ2v) is 4.72. The van der Waals surface area contributed by atoms with Gasteiger partial charge in [-0.2, -0.15) is 0 Å². The Morgan fingerprint density at radius 3 is 3.00 bits per heavy atom. The molecular weight excluding hydrogens is 308 g/mol. The number of pyridine rings is 1. The molecule has 0 atom stereocenters. The lowest BCUT2D eigenvalue weighted by molar-refractivity contribution is 1.10. The van der Waals surface area contributed by atoms with Crippen molar-refractivity contribution in [2.45, 2.75) is 0 Å². The molecule has 0 saturated heterocycles. The lowest BCUT2D eigenvalue weighted by atomic mass is 10.2. The molecule has 2 N–H and O–H groups in total. The standard InChI is InChI=1S/C13H9BrN4O/c14-11-12(16-7-17-13(11)19)18-9-3-4-10-8(6-9)2-1-5-15-10/h1-7H,(H2,16,17,18,19). The van der Waals surface area contributed by atoms with E-state index >= 15 is 0 Å². The third-order valence-corrected chi connectivity index (χ3v) is 3.40. The molecule has 0 aliphatic rings. The number of H-pyrrole nitrogens is 1. The fourth-order valence-corrected chi connectivity index (χ4v) is 2.08. The molecule has 6 heteroatoms. The maximum atomic E-state index is 11.4. The molecule has 5 nitrogen and oxygen atoms in total. The minimum absolute atomic E-state index is 0.222. The van der Waals surface area contributed by atoms with Crippen molar-refractivity contribution in [1.29, 1.82) is 0 Å². The number of benzene rings is 1. The SMILES string of the molecule is O=c1[nH]cnc(Nc2ccc3ncccc3c2)c1Br. The summed E-state index contributed by atoms with van der Waals surface area (Å²) >= 11 is 3.21. The van der Waals surface area contributed by atoms with Crippen LogP contribution < -0.4 is 10.9 Å². The molecule has 2 heterocycles. The molecule has 3 rings (SSSR count). The van der Waals surface area contributed by atoms with E-state index in [0.29, 0.717) is 10.3 Å². The van der Waals surface area contributed by atoms with Crippen LogP contribution in [0.3, 0.4) is 0 Å². The van der Waals surface area contributed by atoms with E-state index in [4.69, 9.17) is 0 Å². The highest BCUT2D eigenvalue weighted by atomic mass is 79.9. The monoisotopic (exact) mass is 316 g/mol. The van der Waals surface area contributed by atoms with E-state index in [0.717, 1.165) is 16.6 Å². The minimum Gasteiger partial charge on any atom is -0.339 e. The summed E-state index contributed by atoms with van der Waals surface area (Å²) in [5.74, 6) is 0.479. The van der Waals surface area contributed by atoms with Crippen molar-refractivity contribution in [2.24, 2.45) is 0 Å². The van der Waals surface area contributed by atoms with Gasteiger partial charge in [0.15, 0.2) is 5.82 Å². The summed E-state index contributed by atoms with van der Waals surface area (Å²) in [4.78, 5) is 22.3. The quantitative estimate of drug-likeness (QED) is 0.762. The van der Waals surface area contributed by atoms with Gasteiger partial charge in [-0.05, 0) is 40.2 Å². The Labute approximate surface area is 116 Å². The van der Waals surface area contributed by atoms with Crippen LogP contribution in [0.25, 0.3) is 10.9 Å². The largest absolute Gasteiger partial charge is 0.339 e. The van der Waals surface area contributed by atoms with Crippen LogP contribution in [0, 0.1) is 0 Å². The third kappa shape index (κ3) is 2.34. The van der Waals surface area contributed by atoms with Crippen LogP contribution in [-0.2, 0) is 0 Å². The van der Waals surface area contributed by atoms with Gasteiger partial charge < -0.3 is 10.3 Å². The number of rotatable bonds is 2. The Morgan fingerprint density at radius 1 is 1.21 bits per heavy atom. The molecule has 0 aliphatic heterocycles. The average molecular weight is 317 g/mol. The van der Waals surface area contributed by atoms with Gasteiger partial charge in [0.05, 0.1) is 11.8 Å². The Balaban J connectivity index is 2.01. The highest BCUT2D eigenvalue weighted by Crippen LogP contribution is 2.22. The van der Waals surface area contributed by atoms with Gasteiger partial charge in [-0.25, -0.2) is 4.98 Å². The number of nitrogens with one attached hydrogen (secondary N) is 2. The maximum absolute atomic E-state index is 11.4. The van der Waals surface area contributed by atoms with Crippen LogP contribution in [-0.4, -0.2) is 15.0 Å². The van der Waals surface area contributed by atoms with Crippen LogP contribution >= 0.6 is 15.9 Å². The fraction of sp³-hybridized carbons (Fsp3) is 0. The lowest BCUT2D eigenvalue weighted by Crippen LogP contribution is -2.09. The predicted octanol–water partition coefficient (Wildman–Crippen LogP) is 2.82. The van der Waals surface area contributed by atoms with Gasteiger partial charge in [0, 0.05) is 17.3 Å². The first-order valence-electron chi connectivity index (χ1n) is 5.59. The lowest BCUT2D eigenvalue weighted by Gasteiger charge is -2.07. The zero-order chi connectivity index (χ0) is 13.2. The van der Waals surface area contributed by atoms with Crippen molar-refractivity contribution < 1.29 is 0 Å². The first-order chi connectivity index (χ1) is 9.24. The minimum atomic E-state index is -0.222. The second kappa shape index (κ2) is 4.81. The molecule has 19 heavy (non-hydrogen) atoms. The highest BCUT2D eigenvalue weighted by molar-refractivity contribution is 9.10. The Morgan fingerprint density at radius 2 is 2.11 bits per heavy atom. The van der Waals surface area contributed by atoms with Crippen LogP contribution in [0.15, 0.2) is 52.1 Å². The van der Waals surface area contributed by atoms with E-state index in [1.54, 1.807) is 6.20 Å². The first kappa shape index (κ1) is 11.9. The van der Waals surface area contributed by atoms with Gasteiger partial charge in [-0.1, -0.05) is 6.07 Å². The summed E-state index contributed by atoms with van der Waals surface area (Å²) in [6, 6.07) is 9.63. The molecule has 0 aliphatic carbocycles. The number of aromatic amines is 1. The van der Waals surface area contributed by atoms with Crippen LogP contribution in [0.2, 0.25) is 0 Å². The van der Waals surface area contributed by atoms with E-state index in [9.17, 15) is 4.79 Å². The molecule has 0 amide bonds. The van der Waals surface area contributed by atoms with E-state index in [2.05, 4.69) is 36.2 Å². The number of hydrogen-bond donors (Lipinski definition) is 2. The highest BCUT2D eigenvalue weighted by Gasteiger charge is 2.05. The summed E-state index contributed by atoms with van der Waals surface area (Å²) in [6.07, 6.45) is 3.11. The van der Waals surface area contributed by atoms with Gasteiger partial charge in [-0.3, -0.25) is 9.78 Å². The van der Waals surface area contributed by atoms with Crippen molar-refractivity contribution >= 4 is 38.3 Å². The molecular formula is C13H9BrN4O. The number of nitrogens with zero attached hydrogens (tertiary/aromatic N) is 2. The van der Waals surface area contributed by atoms with E-state index in [1.807, 2.05) is 30.3 Å². The average Bonchev–Trinajstić information content (AvgIpc) is 2.44. The van der Waals surface area contributed by atoms with Crippen molar-refractivity contribution in [3.63, 3.8) is 0 Å². The van der Waals surface area contributed by atoms with Gasteiger partial charge in [0.1, 0.15) is 4.47 Å². The Kier molecular flexibility index (Phi) is 3.00. The smallest absolute Gasteiger partial charge is 0.267 e. The van der Waals surface area contributed by atoms with Gasteiger partial charge >= 0.3 is 0 Å². The third-order valence-electron chi connectivity index (χ3n) is 2.66. The first-order valence-corrected chi connectivity index (χ1v) is 6.38. The van der Waals surface area contributed by atoms with Gasteiger partial charge in [0.25, 0.3) is 5.56 Å². The van der Waals surface area contributed by atoms with E-state index < -0.39 is 0 Å². The number of halogens is 1. The number of fused-ring (bicyclic) bond motifs is 1. The molecule has 3 aromatic rings. The summed E-state index contributed by atoms with van der Waals surface area (Å²) < 4.78 is 0.376. The zero-order valence-electron chi connectivity index (χ0n) is 9.72. The summed E-state index contributed by atoms with van der Waals surface area (Å²) in [5.41, 5.74) is 1.55. The van der Waals surface area contributed by atoms with Crippen molar-refractivity contribution in [2.75, 3.05) is 5.32 Å². The Hall–Kier alpha value is -2.21. The molecule has 0 fully saturated rings. The number of anilines is 2. The molecule has 0 unspecified atom stereocenters. The number of aromatic nitrogens is 3. The zero-order valence-corrected chi connectivity index (χ0v) is 11.3. The van der Waals surface area contributed by atoms with Gasteiger partial charge in [0.2, 0.25) is 0 Å². The molecule has 0 saturated carbocycles. The summed E-state index contributed by atoms with van der Waals surface area (Å²) in [7, 11) is 0. The maximum Gasteiger partial charge on any atom is 0.267 e.